The fraction of sp³-hybridized carbons (Fsp3) is 0.0588. The summed E-state index contributed by atoms with van der Waals surface area (Å²) in [4.78, 5) is 33.4. The first-order chi connectivity index (χ1) is 11.5. The van der Waals surface area contributed by atoms with Gasteiger partial charge in [0.1, 0.15) is 0 Å². The molecule has 1 atom stereocenters. The highest BCUT2D eigenvalue weighted by Crippen LogP contribution is 2.15. The molecule has 0 aliphatic rings. The number of nitro groups is 1. The molecule has 122 valence electrons. The topological polar surface area (TPSA) is 110 Å². The van der Waals surface area contributed by atoms with Crippen molar-refractivity contribution in [2.45, 2.75) is 6.04 Å². The van der Waals surface area contributed by atoms with Crippen LogP contribution < -0.4 is 5.32 Å². The van der Waals surface area contributed by atoms with Gasteiger partial charge >= 0.3 is 5.97 Å². The van der Waals surface area contributed by atoms with Gasteiger partial charge in [-0.3, -0.25) is 14.9 Å². The number of nitrogens with zero attached hydrogens (tertiary/aromatic N) is 1. The van der Waals surface area contributed by atoms with Crippen molar-refractivity contribution in [3.63, 3.8) is 0 Å². The lowest BCUT2D eigenvalue weighted by atomic mass is 10.1. The van der Waals surface area contributed by atoms with Gasteiger partial charge in [-0.2, -0.15) is 0 Å². The van der Waals surface area contributed by atoms with E-state index in [4.69, 9.17) is 0 Å². The van der Waals surface area contributed by atoms with Crippen LogP contribution in [0.15, 0.2) is 60.7 Å². The first-order valence-electron chi connectivity index (χ1n) is 6.98. The lowest BCUT2D eigenvalue weighted by Gasteiger charge is -2.13. The number of nitrogens with one attached hydrogen (secondary N) is 1. The van der Waals surface area contributed by atoms with E-state index in [-0.39, 0.29) is 5.69 Å². The fourth-order valence-corrected chi connectivity index (χ4v) is 2.04. The van der Waals surface area contributed by atoms with Crippen molar-refractivity contribution < 1.29 is 19.6 Å². The number of carboxylic acids is 1. The number of nitro benzene ring substituents is 1. The molecular weight excluding hydrogens is 312 g/mol. The monoisotopic (exact) mass is 326 g/mol. The van der Waals surface area contributed by atoms with E-state index in [9.17, 15) is 24.8 Å². The number of carbonyl (C=O) groups is 2. The number of hydrogen-bond acceptors (Lipinski definition) is 4. The van der Waals surface area contributed by atoms with E-state index in [1.807, 2.05) is 0 Å². The van der Waals surface area contributed by atoms with Crippen molar-refractivity contribution in [2.75, 3.05) is 0 Å². The van der Waals surface area contributed by atoms with Gasteiger partial charge in [0.2, 0.25) is 5.91 Å². The van der Waals surface area contributed by atoms with Gasteiger partial charge in [0, 0.05) is 18.2 Å². The molecule has 0 spiro atoms. The largest absolute Gasteiger partial charge is 0.479 e. The van der Waals surface area contributed by atoms with Crippen molar-refractivity contribution in [3.8, 4) is 0 Å². The van der Waals surface area contributed by atoms with Crippen LogP contribution in [-0.2, 0) is 9.59 Å². The molecule has 1 amide bonds. The van der Waals surface area contributed by atoms with Crippen LogP contribution in [0.4, 0.5) is 5.69 Å². The SMILES string of the molecule is O=C(C=Cc1cccc([N+](=O)[O-])c1)NC(C(=O)O)c1ccccc1. The van der Waals surface area contributed by atoms with Crippen LogP contribution >= 0.6 is 0 Å². The van der Waals surface area contributed by atoms with Gasteiger partial charge in [0.25, 0.3) is 5.69 Å². The van der Waals surface area contributed by atoms with Crippen LogP contribution in [0.5, 0.6) is 0 Å². The molecule has 0 aliphatic heterocycles. The maximum Gasteiger partial charge on any atom is 0.330 e. The van der Waals surface area contributed by atoms with E-state index >= 15 is 0 Å². The molecule has 1 unspecified atom stereocenters. The summed E-state index contributed by atoms with van der Waals surface area (Å²) in [7, 11) is 0. The highest BCUT2D eigenvalue weighted by atomic mass is 16.6. The second-order valence-electron chi connectivity index (χ2n) is 4.88. The lowest BCUT2D eigenvalue weighted by molar-refractivity contribution is -0.384. The smallest absolute Gasteiger partial charge is 0.330 e. The first-order valence-corrected chi connectivity index (χ1v) is 6.98. The summed E-state index contributed by atoms with van der Waals surface area (Å²) in [6.45, 7) is 0. The van der Waals surface area contributed by atoms with Crippen molar-refractivity contribution in [1.82, 2.24) is 5.32 Å². The Morgan fingerprint density at radius 1 is 1.12 bits per heavy atom. The number of benzene rings is 2. The standard InChI is InChI=1S/C17H14N2O5/c20-15(10-9-12-5-4-8-14(11-12)19(23)24)18-16(17(21)22)13-6-2-1-3-7-13/h1-11,16H,(H,18,20)(H,21,22). The van der Waals surface area contributed by atoms with Crippen molar-refractivity contribution in [2.24, 2.45) is 0 Å². The van der Waals surface area contributed by atoms with E-state index in [0.717, 1.165) is 6.08 Å². The first kappa shape index (κ1) is 16.9. The van der Waals surface area contributed by atoms with Gasteiger partial charge < -0.3 is 10.4 Å². The number of carboxylic acid groups (broad SMARTS) is 1. The summed E-state index contributed by atoms with van der Waals surface area (Å²) in [6, 6.07) is 12.9. The Balaban J connectivity index is 2.10. The molecule has 0 radical (unpaired) electrons. The third-order valence-electron chi connectivity index (χ3n) is 3.17. The summed E-state index contributed by atoms with van der Waals surface area (Å²) in [5, 5.41) is 22.3. The number of rotatable bonds is 6. The zero-order valence-electron chi connectivity index (χ0n) is 12.5. The molecule has 2 aromatic rings. The molecule has 0 fully saturated rings. The molecule has 2 N–H and O–H groups in total. The predicted octanol–water partition coefficient (Wildman–Crippen LogP) is 2.55. The second-order valence-corrected chi connectivity index (χ2v) is 4.88. The van der Waals surface area contributed by atoms with Crippen LogP contribution in [0.25, 0.3) is 6.08 Å². The predicted molar refractivity (Wildman–Crippen MR) is 87.1 cm³/mol. The lowest BCUT2D eigenvalue weighted by Crippen LogP contribution is -2.32. The Morgan fingerprint density at radius 3 is 2.46 bits per heavy atom. The number of amides is 1. The third kappa shape index (κ3) is 4.51. The molecule has 0 bridgehead atoms. The maximum atomic E-state index is 11.9. The average Bonchev–Trinajstić information content (AvgIpc) is 2.58. The summed E-state index contributed by atoms with van der Waals surface area (Å²) < 4.78 is 0. The van der Waals surface area contributed by atoms with Gasteiger partial charge in [-0.15, -0.1) is 0 Å². The Bertz CT molecular complexity index is 787. The van der Waals surface area contributed by atoms with Crippen molar-refractivity contribution in [3.05, 3.63) is 81.9 Å². The number of aliphatic carboxylic acids is 1. The normalized spacial score (nSPS) is 11.8. The molecule has 0 aliphatic carbocycles. The number of carbonyl (C=O) groups excluding carboxylic acids is 1. The molecule has 2 aromatic carbocycles. The zero-order chi connectivity index (χ0) is 17.5. The molecule has 7 heteroatoms. The molecule has 0 saturated heterocycles. The molecule has 0 heterocycles. The molecule has 2 rings (SSSR count). The van der Waals surface area contributed by atoms with E-state index in [0.29, 0.717) is 11.1 Å². The van der Waals surface area contributed by atoms with E-state index in [2.05, 4.69) is 5.32 Å². The van der Waals surface area contributed by atoms with Crippen LogP contribution in [0.2, 0.25) is 0 Å². The highest BCUT2D eigenvalue weighted by Gasteiger charge is 2.20. The average molecular weight is 326 g/mol. The van der Waals surface area contributed by atoms with Gasteiger partial charge in [-0.1, -0.05) is 42.5 Å². The minimum Gasteiger partial charge on any atom is -0.479 e. The minimum absolute atomic E-state index is 0.0924. The highest BCUT2D eigenvalue weighted by molar-refractivity contribution is 5.94. The van der Waals surface area contributed by atoms with Gasteiger partial charge in [0.05, 0.1) is 4.92 Å². The van der Waals surface area contributed by atoms with E-state index in [1.54, 1.807) is 36.4 Å². The van der Waals surface area contributed by atoms with Crippen LogP contribution in [0, 0.1) is 10.1 Å². The molecule has 7 nitrogen and oxygen atoms in total. The summed E-state index contributed by atoms with van der Waals surface area (Å²) in [5.74, 6) is -1.80. The van der Waals surface area contributed by atoms with Gasteiger partial charge in [-0.25, -0.2) is 4.79 Å². The van der Waals surface area contributed by atoms with Crippen LogP contribution in [-0.4, -0.2) is 21.9 Å². The summed E-state index contributed by atoms with van der Waals surface area (Å²) >= 11 is 0. The molecule has 0 saturated carbocycles. The van der Waals surface area contributed by atoms with E-state index < -0.39 is 22.8 Å². The van der Waals surface area contributed by atoms with Crippen molar-refractivity contribution in [1.29, 1.82) is 0 Å². The summed E-state index contributed by atoms with van der Waals surface area (Å²) in [5.41, 5.74) is 0.818. The zero-order valence-corrected chi connectivity index (χ0v) is 12.5. The minimum atomic E-state index is -1.18. The third-order valence-corrected chi connectivity index (χ3v) is 3.17. The van der Waals surface area contributed by atoms with Crippen LogP contribution in [0.1, 0.15) is 17.2 Å². The Labute approximate surface area is 137 Å². The Kier molecular flexibility index (Phi) is 5.40. The Morgan fingerprint density at radius 2 is 1.83 bits per heavy atom. The van der Waals surface area contributed by atoms with Crippen LogP contribution in [0.3, 0.4) is 0 Å². The maximum absolute atomic E-state index is 11.9. The molecule has 24 heavy (non-hydrogen) atoms. The van der Waals surface area contributed by atoms with E-state index in [1.165, 1.54) is 24.3 Å². The number of hydrogen-bond donors (Lipinski definition) is 2. The number of non-ortho nitro benzene ring substituents is 1. The molecular formula is C17H14N2O5. The molecule has 0 aromatic heterocycles. The van der Waals surface area contributed by atoms with Gasteiger partial charge in [0.15, 0.2) is 6.04 Å². The van der Waals surface area contributed by atoms with Crippen molar-refractivity contribution >= 4 is 23.6 Å². The fourth-order valence-electron chi connectivity index (χ4n) is 2.04. The quantitative estimate of drug-likeness (QED) is 0.481. The second kappa shape index (κ2) is 7.68. The van der Waals surface area contributed by atoms with Gasteiger partial charge in [-0.05, 0) is 17.2 Å². The summed E-state index contributed by atoms with van der Waals surface area (Å²) in [6.07, 6.45) is 2.52. The Hall–Kier alpha value is -3.48.